The molecule has 0 heterocycles. The van der Waals surface area contributed by atoms with Crippen LogP contribution < -0.4 is 5.73 Å². The van der Waals surface area contributed by atoms with E-state index >= 15 is 0 Å². The van der Waals surface area contributed by atoms with E-state index in [-0.39, 0.29) is 10.6 Å². The molecule has 0 aromatic heterocycles. The summed E-state index contributed by atoms with van der Waals surface area (Å²) in [6.45, 7) is 0.701. The van der Waals surface area contributed by atoms with Gasteiger partial charge in [0.15, 0.2) is 0 Å². The number of nitro groups is 1. The highest BCUT2D eigenvalue weighted by Gasteiger charge is 2.03. The Kier molecular flexibility index (Phi) is 4.07. The van der Waals surface area contributed by atoms with Gasteiger partial charge in [0, 0.05) is 12.1 Å². The Morgan fingerprint density at radius 3 is 2.36 bits per heavy atom. The molecule has 0 saturated carbocycles. The van der Waals surface area contributed by atoms with Crippen LogP contribution in [0.5, 0.6) is 0 Å². The average Bonchev–Trinajstić information content (AvgIpc) is 2.19. The van der Waals surface area contributed by atoms with Crippen molar-refractivity contribution in [2.45, 2.75) is 19.3 Å². The summed E-state index contributed by atoms with van der Waals surface area (Å²) < 4.78 is 0. The predicted molar refractivity (Wildman–Crippen MR) is 55.1 cm³/mol. The lowest BCUT2D eigenvalue weighted by Crippen LogP contribution is -1.99. The maximum Gasteiger partial charge on any atom is 0.269 e. The van der Waals surface area contributed by atoms with Crippen LogP contribution in [0, 0.1) is 10.1 Å². The predicted octanol–water partition coefficient (Wildman–Crippen LogP) is 1.88. The average molecular weight is 194 g/mol. The summed E-state index contributed by atoms with van der Waals surface area (Å²) in [7, 11) is 0. The lowest BCUT2D eigenvalue weighted by atomic mass is 10.1. The fraction of sp³-hybridized carbons (Fsp3) is 0.400. The molecule has 0 bridgehead atoms. The minimum atomic E-state index is -0.385. The lowest BCUT2D eigenvalue weighted by molar-refractivity contribution is -0.384. The van der Waals surface area contributed by atoms with Crippen LogP contribution in [-0.2, 0) is 6.42 Å². The highest BCUT2D eigenvalue weighted by molar-refractivity contribution is 5.32. The number of nitrogens with zero attached hydrogens (tertiary/aromatic N) is 1. The molecule has 1 aromatic rings. The molecular weight excluding hydrogens is 180 g/mol. The first kappa shape index (κ1) is 10.7. The normalized spacial score (nSPS) is 10.1. The van der Waals surface area contributed by atoms with Gasteiger partial charge >= 0.3 is 0 Å². The van der Waals surface area contributed by atoms with Crippen LogP contribution >= 0.6 is 0 Å². The van der Waals surface area contributed by atoms with Crippen molar-refractivity contribution in [1.29, 1.82) is 0 Å². The Balaban J connectivity index is 2.51. The number of nitrogens with two attached hydrogens (primary N) is 1. The molecule has 76 valence electrons. The fourth-order valence-corrected chi connectivity index (χ4v) is 1.26. The van der Waals surface area contributed by atoms with Crippen LogP contribution in [0.25, 0.3) is 0 Å². The molecule has 0 aliphatic rings. The third kappa shape index (κ3) is 3.14. The van der Waals surface area contributed by atoms with Gasteiger partial charge in [-0.3, -0.25) is 10.1 Å². The molecule has 14 heavy (non-hydrogen) atoms. The van der Waals surface area contributed by atoms with Crippen LogP contribution in [0.2, 0.25) is 0 Å². The molecular formula is C10H14N2O2. The second-order valence-electron chi connectivity index (χ2n) is 3.17. The summed E-state index contributed by atoms with van der Waals surface area (Å²) in [5, 5.41) is 10.4. The number of nitro benzene ring substituents is 1. The largest absolute Gasteiger partial charge is 0.330 e. The molecule has 0 saturated heterocycles. The maximum atomic E-state index is 10.4. The molecule has 4 heteroatoms. The molecule has 2 N–H and O–H groups in total. The number of hydrogen-bond acceptors (Lipinski definition) is 3. The van der Waals surface area contributed by atoms with Crippen molar-refractivity contribution in [3.8, 4) is 0 Å². The van der Waals surface area contributed by atoms with Gasteiger partial charge in [-0.1, -0.05) is 12.1 Å². The van der Waals surface area contributed by atoms with Crippen molar-refractivity contribution >= 4 is 5.69 Å². The summed E-state index contributed by atoms with van der Waals surface area (Å²) >= 11 is 0. The molecule has 4 nitrogen and oxygen atoms in total. The lowest BCUT2D eigenvalue weighted by Gasteiger charge is -1.99. The van der Waals surface area contributed by atoms with Gasteiger partial charge in [-0.25, -0.2) is 0 Å². The molecule has 0 aliphatic carbocycles. The van der Waals surface area contributed by atoms with E-state index in [4.69, 9.17) is 5.73 Å². The Labute approximate surface area is 82.9 Å². The van der Waals surface area contributed by atoms with E-state index in [9.17, 15) is 10.1 Å². The smallest absolute Gasteiger partial charge is 0.269 e. The summed E-state index contributed by atoms with van der Waals surface area (Å²) in [5.74, 6) is 0. The van der Waals surface area contributed by atoms with Gasteiger partial charge in [0.1, 0.15) is 0 Å². The van der Waals surface area contributed by atoms with E-state index in [0.717, 1.165) is 24.8 Å². The highest BCUT2D eigenvalue weighted by Crippen LogP contribution is 2.13. The number of unbranched alkanes of at least 4 members (excludes halogenated alkanes) is 1. The zero-order valence-electron chi connectivity index (χ0n) is 7.98. The van der Waals surface area contributed by atoms with Gasteiger partial charge in [0.2, 0.25) is 0 Å². The molecule has 0 radical (unpaired) electrons. The van der Waals surface area contributed by atoms with Crippen LogP contribution in [0.15, 0.2) is 24.3 Å². The molecule has 0 spiro atoms. The van der Waals surface area contributed by atoms with Gasteiger partial charge in [-0.05, 0) is 31.4 Å². The minimum Gasteiger partial charge on any atom is -0.330 e. The third-order valence-electron chi connectivity index (χ3n) is 2.07. The summed E-state index contributed by atoms with van der Waals surface area (Å²) in [4.78, 5) is 9.98. The Hall–Kier alpha value is -1.42. The highest BCUT2D eigenvalue weighted by atomic mass is 16.6. The quantitative estimate of drug-likeness (QED) is 0.442. The first-order valence-electron chi connectivity index (χ1n) is 4.67. The topological polar surface area (TPSA) is 69.2 Å². The van der Waals surface area contributed by atoms with Crippen molar-refractivity contribution < 1.29 is 4.92 Å². The third-order valence-corrected chi connectivity index (χ3v) is 2.07. The SMILES string of the molecule is NCCCCc1ccc([N+](=O)[O-])cc1. The zero-order chi connectivity index (χ0) is 10.4. The molecule has 0 aliphatic heterocycles. The molecule has 0 unspecified atom stereocenters. The van der Waals surface area contributed by atoms with Gasteiger partial charge < -0.3 is 5.73 Å². The molecule has 0 fully saturated rings. The van der Waals surface area contributed by atoms with E-state index in [1.54, 1.807) is 12.1 Å². The Morgan fingerprint density at radius 1 is 1.21 bits per heavy atom. The summed E-state index contributed by atoms with van der Waals surface area (Å²) in [5.41, 5.74) is 6.64. The van der Waals surface area contributed by atoms with E-state index in [1.165, 1.54) is 12.1 Å². The van der Waals surface area contributed by atoms with E-state index in [1.807, 2.05) is 0 Å². The molecule has 1 rings (SSSR count). The zero-order valence-corrected chi connectivity index (χ0v) is 7.98. The van der Waals surface area contributed by atoms with Crippen LogP contribution in [-0.4, -0.2) is 11.5 Å². The number of benzene rings is 1. The monoisotopic (exact) mass is 194 g/mol. The maximum absolute atomic E-state index is 10.4. The van der Waals surface area contributed by atoms with Crippen LogP contribution in [0.3, 0.4) is 0 Å². The Morgan fingerprint density at radius 2 is 1.86 bits per heavy atom. The number of aryl methyl sites for hydroxylation is 1. The van der Waals surface area contributed by atoms with Crippen molar-refractivity contribution in [2.24, 2.45) is 5.73 Å². The van der Waals surface area contributed by atoms with Crippen molar-refractivity contribution in [3.05, 3.63) is 39.9 Å². The standard InChI is InChI=1S/C10H14N2O2/c11-8-2-1-3-9-4-6-10(7-5-9)12(13)14/h4-7H,1-3,8,11H2. The second kappa shape index (κ2) is 5.34. The van der Waals surface area contributed by atoms with Crippen molar-refractivity contribution in [1.82, 2.24) is 0 Å². The molecule has 0 amide bonds. The molecule has 0 atom stereocenters. The van der Waals surface area contributed by atoms with E-state index < -0.39 is 0 Å². The van der Waals surface area contributed by atoms with E-state index in [2.05, 4.69) is 0 Å². The summed E-state index contributed by atoms with van der Waals surface area (Å²) in [6, 6.07) is 6.68. The Bertz CT molecular complexity index is 295. The fourth-order valence-electron chi connectivity index (χ4n) is 1.26. The second-order valence-corrected chi connectivity index (χ2v) is 3.17. The van der Waals surface area contributed by atoms with Crippen molar-refractivity contribution in [3.63, 3.8) is 0 Å². The van der Waals surface area contributed by atoms with Crippen molar-refractivity contribution in [2.75, 3.05) is 6.54 Å². The van der Waals surface area contributed by atoms with Crippen LogP contribution in [0.1, 0.15) is 18.4 Å². The number of rotatable bonds is 5. The van der Waals surface area contributed by atoms with Gasteiger partial charge in [-0.15, -0.1) is 0 Å². The minimum absolute atomic E-state index is 0.146. The number of hydrogen-bond donors (Lipinski definition) is 1. The van der Waals surface area contributed by atoms with Crippen LogP contribution in [0.4, 0.5) is 5.69 Å². The van der Waals surface area contributed by atoms with Gasteiger partial charge in [0.25, 0.3) is 5.69 Å². The first-order valence-corrected chi connectivity index (χ1v) is 4.67. The molecule has 1 aromatic carbocycles. The van der Waals surface area contributed by atoms with E-state index in [0.29, 0.717) is 6.54 Å². The number of non-ortho nitro benzene ring substituents is 1. The van der Waals surface area contributed by atoms with Gasteiger partial charge in [-0.2, -0.15) is 0 Å². The summed E-state index contributed by atoms with van der Waals surface area (Å²) in [6.07, 6.45) is 2.97. The first-order chi connectivity index (χ1) is 6.74. The van der Waals surface area contributed by atoms with Gasteiger partial charge in [0.05, 0.1) is 4.92 Å².